The van der Waals surface area contributed by atoms with Gasteiger partial charge in [0.2, 0.25) is 0 Å². The molecule has 0 radical (unpaired) electrons. The fraction of sp³-hybridized carbons (Fsp3) is 0.562. The van der Waals surface area contributed by atoms with Crippen LogP contribution < -0.4 is 10.2 Å². The summed E-state index contributed by atoms with van der Waals surface area (Å²) in [7, 11) is -4.20. The SMILES string of the molecule is C[C@@H]1OCCN(c2cc(F)cc3c2NC(C2CC2)=NS3(=O)=O)[C@@H]1C(F)(F)F. The molecule has 1 aliphatic carbocycles. The van der Waals surface area contributed by atoms with Crippen molar-refractivity contribution in [2.24, 2.45) is 10.3 Å². The molecule has 1 saturated heterocycles. The lowest BCUT2D eigenvalue weighted by Gasteiger charge is -2.43. The molecule has 0 bridgehead atoms. The van der Waals surface area contributed by atoms with Gasteiger partial charge >= 0.3 is 6.18 Å². The number of alkyl halides is 3. The lowest BCUT2D eigenvalue weighted by atomic mass is 10.1. The first-order chi connectivity index (χ1) is 12.6. The van der Waals surface area contributed by atoms with E-state index in [9.17, 15) is 26.0 Å². The third kappa shape index (κ3) is 3.27. The van der Waals surface area contributed by atoms with Gasteiger partial charge in [0.05, 0.1) is 24.1 Å². The van der Waals surface area contributed by atoms with Gasteiger partial charge in [-0.3, -0.25) is 0 Å². The molecule has 1 aromatic rings. The molecular formula is C16H17F4N3O3S. The Labute approximate surface area is 153 Å². The smallest absolute Gasteiger partial charge is 0.374 e. The van der Waals surface area contributed by atoms with E-state index in [1.165, 1.54) is 6.92 Å². The van der Waals surface area contributed by atoms with Crippen LogP contribution in [0.4, 0.5) is 28.9 Å². The molecule has 27 heavy (non-hydrogen) atoms. The molecule has 1 saturated carbocycles. The number of amidine groups is 1. The highest BCUT2D eigenvalue weighted by Gasteiger charge is 2.50. The molecule has 0 unspecified atom stereocenters. The van der Waals surface area contributed by atoms with Gasteiger partial charge in [-0.15, -0.1) is 4.40 Å². The summed E-state index contributed by atoms with van der Waals surface area (Å²) >= 11 is 0. The predicted octanol–water partition coefficient (Wildman–Crippen LogP) is 2.90. The number of sulfonamides is 1. The van der Waals surface area contributed by atoms with Gasteiger partial charge in [0.15, 0.2) is 6.04 Å². The van der Waals surface area contributed by atoms with E-state index in [1.54, 1.807) is 0 Å². The molecule has 6 nitrogen and oxygen atoms in total. The molecule has 1 aromatic carbocycles. The van der Waals surface area contributed by atoms with Crippen molar-refractivity contribution >= 4 is 27.2 Å². The predicted molar refractivity (Wildman–Crippen MR) is 90.0 cm³/mol. The molecule has 0 amide bonds. The summed E-state index contributed by atoms with van der Waals surface area (Å²) < 4.78 is 88.9. The minimum absolute atomic E-state index is 0.00928. The Morgan fingerprint density at radius 3 is 2.63 bits per heavy atom. The van der Waals surface area contributed by atoms with Crippen LogP contribution in [-0.4, -0.2) is 45.7 Å². The first-order valence-electron chi connectivity index (χ1n) is 8.48. The number of hydrogen-bond donors (Lipinski definition) is 1. The maximum atomic E-state index is 14.2. The van der Waals surface area contributed by atoms with Crippen molar-refractivity contribution in [1.29, 1.82) is 0 Å². The van der Waals surface area contributed by atoms with Crippen LogP contribution in [-0.2, 0) is 14.8 Å². The van der Waals surface area contributed by atoms with E-state index in [-0.39, 0.29) is 36.3 Å². The number of anilines is 2. The zero-order chi connectivity index (χ0) is 19.6. The Morgan fingerprint density at radius 2 is 2.00 bits per heavy atom. The molecule has 2 fully saturated rings. The second-order valence-corrected chi connectivity index (χ2v) is 8.48. The van der Waals surface area contributed by atoms with Gasteiger partial charge in [0, 0.05) is 12.5 Å². The van der Waals surface area contributed by atoms with Crippen LogP contribution in [0, 0.1) is 11.7 Å². The van der Waals surface area contributed by atoms with Crippen molar-refractivity contribution in [3.05, 3.63) is 17.9 Å². The van der Waals surface area contributed by atoms with Crippen molar-refractivity contribution in [3.63, 3.8) is 0 Å². The molecule has 2 aliphatic heterocycles. The lowest BCUT2D eigenvalue weighted by Crippen LogP contribution is -2.58. The maximum Gasteiger partial charge on any atom is 0.411 e. The van der Waals surface area contributed by atoms with E-state index >= 15 is 0 Å². The summed E-state index contributed by atoms with van der Waals surface area (Å²) in [6, 6.07) is -0.320. The van der Waals surface area contributed by atoms with Crippen LogP contribution in [0.3, 0.4) is 0 Å². The number of hydrogen-bond acceptors (Lipinski definition) is 5. The third-order valence-electron chi connectivity index (χ3n) is 4.90. The first kappa shape index (κ1) is 18.5. The topological polar surface area (TPSA) is 71.0 Å². The summed E-state index contributed by atoms with van der Waals surface area (Å²) in [5, 5.41) is 2.85. The fourth-order valence-corrected chi connectivity index (χ4v) is 4.75. The number of halogens is 4. The van der Waals surface area contributed by atoms with Crippen LogP contribution in [0.2, 0.25) is 0 Å². The number of fused-ring (bicyclic) bond motifs is 1. The highest BCUT2D eigenvalue weighted by molar-refractivity contribution is 7.90. The zero-order valence-electron chi connectivity index (χ0n) is 14.3. The van der Waals surface area contributed by atoms with Gasteiger partial charge in [0.1, 0.15) is 16.5 Å². The molecule has 3 aliphatic rings. The van der Waals surface area contributed by atoms with Crippen molar-refractivity contribution in [2.45, 2.75) is 43.0 Å². The summed E-state index contributed by atoms with van der Waals surface area (Å²) in [6.45, 7) is 1.15. The Bertz CT molecular complexity index is 912. The molecule has 0 spiro atoms. The van der Waals surface area contributed by atoms with Crippen LogP contribution in [0.5, 0.6) is 0 Å². The number of ether oxygens (including phenoxy) is 1. The number of nitrogens with one attached hydrogen (secondary N) is 1. The minimum Gasteiger partial charge on any atom is -0.374 e. The van der Waals surface area contributed by atoms with Crippen molar-refractivity contribution in [1.82, 2.24) is 0 Å². The fourth-order valence-electron chi connectivity index (χ4n) is 3.52. The van der Waals surface area contributed by atoms with Crippen LogP contribution in [0.25, 0.3) is 0 Å². The molecular weight excluding hydrogens is 390 g/mol. The summed E-state index contributed by atoms with van der Waals surface area (Å²) in [5.41, 5.74) is -0.212. The second-order valence-electron chi connectivity index (χ2n) is 6.90. The summed E-state index contributed by atoms with van der Waals surface area (Å²) in [6.07, 6.45) is -4.34. The van der Waals surface area contributed by atoms with E-state index < -0.39 is 39.1 Å². The number of morpholine rings is 1. The molecule has 2 heterocycles. The highest BCUT2D eigenvalue weighted by atomic mass is 32.2. The number of benzene rings is 1. The van der Waals surface area contributed by atoms with Gasteiger partial charge in [-0.05, 0) is 31.9 Å². The molecule has 148 valence electrons. The molecule has 4 rings (SSSR count). The van der Waals surface area contributed by atoms with Crippen LogP contribution >= 0.6 is 0 Å². The van der Waals surface area contributed by atoms with Crippen LogP contribution in [0.1, 0.15) is 19.8 Å². The number of nitrogens with zero attached hydrogens (tertiary/aromatic N) is 2. The first-order valence-corrected chi connectivity index (χ1v) is 9.92. The van der Waals surface area contributed by atoms with E-state index in [0.29, 0.717) is 0 Å². The monoisotopic (exact) mass is 407 g/mol. The van der Waals surface area contributed by atoms with Gasteiger partial charge in [-0.2, -0.15) is 21.6 Å². The lowest BCUT2D eigenvalue weighted by molar-refractivity contribution is -0.183. The quantitative estimate of drug-likeness (QED) is 0.764. The van der Waals surface area contributed by atoms with Gasteiger partial charge in [0.25, 0.3) is 10.0 Å². The Hall–Kier alpha value is -1.88. The average molecular weight is 407 g/mol. The molecule has 0 aromatic heterocycles. The van der Waals surface area contributed by atoms with Gasteiger partial charge in [-0.25, -0.2) is 4.39 Å². The van der Waals surface area contributed by atoms with Crippen LogP contribution in [0.15, 0.2) is 21.4 Å². The highest BCUT2D eigenvalue weighted by Crippen LogP contribution is 2.44. The van der Waals surface area contributed by atoms with Crippen molar-refractivity contribution in [2.75, 3.05) is 23.4 Å². The maximum absolute atomic E-state index is 14.2. The number of rotatable bonds is 2. The molecule has 1 N–H and O–H groups in total. The Kier molecular flexibility index (Phi) is 4.15. The standard InChI is InChI=1S/C16H17F4N3O3S/c1-8-14(16(18,19)20)23(4-5-26-8)11-6-10(17)7-12-13(11)21-15(9-2-3-9)22-27(12,24)25/h6-9,14H,2-5H2,1H3,(H,21,22)/t8-,14-/m0/s1. The second kappa shape index (κ2) is 6.06. The average Bonchev–Trinajstić information content (AvgIpc) is 3.38. The van der Waals surface area contributed by atoms with E-state index in [1.807, 2.05) is 0 Å². The van der Waals surface area contributed by atoms with E-state index in [4.69, 9.17) is 4.74 Å². The van der Waals surface area contributed by atoms with Crippen molar-refractivity contribution < 1.29 is 30.7 Å². The summed E-state index contributed by atoms with van der Waals surface area (Å²) in [5.74, 6) is -0.827. The zero-order valence-corrected chi connectivity index (χ0v) is 15.1. The Morgan fingerprint density at radius 1 is 1.30 bits per heavy atom. The minimum atomic E-state index is -4.64. The van der Waals surface area contributed by atoms with Gasteiger partial charge < -0.3 is 15.0 Å². The molecule has 2 atom stereocenters. The third-order valence-corrected chi connectivity index (χ3v) is 6.21. The van der Waals surface area contributed by atoms with E-state index in [0.717, 1.165) is 29.9 Å². The largest absolute Gasteiger partial charge is 0.411 e. The summed E-state index contributed by atoms with van der Waals surface area (Å²) in [4.78, 5) is 0.510. The Balaban J connectivity index is 1.86. The van der Waals surface area contributed by atoms with E-state index in [2.05, 4.69) is 9.71 Å². The van der Waals surface area contributed by atoms with Crippen molar-refractivity contribution in [3.8, 4) is 0 Å². The molecule has 11 heteroatoms. The normalized spacial score (nSPS) is 27.6. The van der Waals surface area contributed by atoms with Gasteiger partial charge in [-0.1, -0.05) is 0 Å².